The average molecular weight is 352 g/mol. The number of amides is 1. The van der Waals surface area contributed by atoms with E-state index in [1.165, 1.54) is 24.7 Å². The van der Waals surface area contributed by atoms with E-state index in [9.17, 15) is 4.79 Å². The molecule has 0 bridgehead atoms. The minimum absolute atomic E-state index is 0.181. The van der Waals surface area contributed by atoms with Crippen molar-refractivity contribution in [1.82, 2.24) is 0 Å². The minimum Gasteiger partial charge on any atom is -0.372 e. The van der Waals surface area contributed by atoms with Crippen molar-refractivity contribution in [2.45, 2.75) is 12.8 Å². The molecule has 1 amide bonds. The zero-order valence-electron chi connectivity index (χ0n) is 13.8. The van der Waals surface area contributed by atoms with E-state index in [0.29, 0.717) is 16.3 Å². The van der Waals surface area contributed by atoms with Gasteiger partial charge in [0.25, 0.3) is 5.91 Å². The van der Waals surface area contributed by atoms with E-state index in [0.717, 1.165) is 29.8 Å². The summed E-state index contributed by atoms with van der Waals surface area (Å²) in [5, 5.41) is 3.42. The molecule has 2 aromatic rings. The van der Waals surface area contributed by atoms with Crippen LogP contribution < -0.4 is 10.2 Å². The summed E-state index contributed by atoms with van der Waals surface area (Å²) in [6.45, 7) is 5.68. The highest BCUT2D eigenvalue weighted by Crippen LogP contribution is 2.40. The first-order valence-corrected chi connectivity index (χ1v) is 8.72. The third kappa shape index (κ3) is 2.83. The van der Waals surface area contributed by atoms with Crippen LogP contribution in [0.3, 0.4) is 0 Å². The first-order chi connectivity index (χ1) is 12.2. The zero-order valence-corrected chi connectivity index (χ0v) is 14.5. The molecule has 0 spiro atoms. The number of hydrogen-bond acceptors (Lipinski definition) is 3. The summed E-state index contributed by atoms with van der Waals surface area (Å²) in [6, 6.07) is 12.2. The molecule has 0 atom stereocenters. The Balaban J connectivity index is 1.72. The zero-order chi connectivity index (χ0) is 17.4. The molecule has 0 aromatic heterocycles. The number of fused-ring (bicyclic) bond motifs is 1. The molecule has 126 valence electrons. The number of benzene rings is 2. The minimum atomic E-state index is -0.181. The van der Waals surface area contributed by atoms with Crippen LogP contribution in [0.5, 0.6) is 0 Å². The number of carbonyl (C=O) groups excluding carboxylic acids is 1. The molecule has 1 N–H and O–H groups in total. The highest BCUT2D eigenvalue weighted by Gasteiger charge is 2.26. The number of hydrogen-bond donors (Lipinski definition) is 1. The van der Waals surface area contributed by atoms with Crippen molar-refractivity contribution in [2.24, 2.45) is 4.99 Å². The largest absolute Gasteiger partial charge is 0.372 e. The molecular weight excluding hydrogens is 334 g/mol. The van der Waals surface area contributed by atoms with Crippen LogP contribution >= 0.6 is 11.6 Å². The Kier molecular flexibility index (Phi) is 4.06. The number of rotatable bonds is 3. The number of halogens is 1. The molecule has 0 radical (unpaired) electrons. The number of anilines is 2. The van der Waals surface area contributed by atoms with Crippen molar-refractivity contribution in [3.05, 3.63) is 53.2 Å². The lowest BCUT2D eigenvalue weighted by molar-refractivity contribution is -0.110. The molecule has 0 saturated carbocycles. The van der Waals surface area contributed by atoms with Crippen LogP contribution in [0.4, 0.5) is 11.4 Å². The maximum Gasteiger partial charge on any atom is 0.257 e. The first-order valence-electron chi connectivity index (χ1n) is 8.34. The average Bonchev–Trinajstić information content (AvgIpc) is 3.24. The van der Waals surface area contributed by atoms with E-state index in [4.69, 9.17) is 11.6 Å². The van der Waals surface area contributed by atoms with Gasteiger partial charge in [-0.15, -0.1) is 0 Å². The standard InChI is InChI=1S/C20H18ClN3O/c1-22-12-17-16-10-15(18(21)11-19(16)23-20(17)25)13-4-6-14(7-5-13)24-8-2-3-9-24/h4-7,10-12H,1-3,8-9H2,(H,23,25)/b17-12-. The molecule has 1 fully saturated rings. The quantitative estimate of drug-likeness (QED) is 0.648. The van der Waals surface area contributed by atoms with E-state index in [1.54, 1.807) is 6.07 Å². The van der Waals surface area contributed by atoms with Gasteiger partial charge < -0.3 is 10.2 Å². The monoisotopic (exact) mass is 351 g/mol. The summed E-state index contributed by atoms with van der Waals surface area (Å²) in [6.07, 6.45) is 3.99. The van der Waals surface area contributed by atoms with Crippen molar-refractivity contribution in [3.63, 3.8) is 0 Å². The van der Waals surface area contributed by atoms with Crippen LogP contribution in [0.2, 0.25) is 5.02 Å². The van der Waals surface area contributed by atoms with Crippen LogP contribution in [0.25, 0.3) is 16.7 Å². The van der Waals surface area contributed by atoms with E-state index < -0.39 is 0 Å². The van der Waals surface area contributed by atoms with E-state index >= 15 is 0 Å². The second-order valence-electron chi connectivity index (χ2n) is 6.30. The predicted molar refractivity (Wildman–Crippen MR) is 104 cm³/mol. The number of nitrogens with zero attached hydrogens (tertiary/aromatic N) is 2. The fourth-order valence-corrected chi connectivity index (χ4v) is 3.75. The van der Waals surface area contributed by atoms with Gasteiger partial charge in [0.05, 0.1) is 16.3 Å². The summed E-state index contributed by atoms with van der Waals surface area (Å²) >= 11 is 6.46. The van der Waals surface area contributed by atoms with Crippen molar-refractivity contribution in [1.29, 1.82) is 0 Å². The van der Waals surface area contributed by atoms with Crippen LogP contribution in [-0.4, -0.2) is 25.7 Å². The summed E-state index contributed by atoms with van der Waals surface area (Å²) in [5.74, 6) is -0.181. The van der Waals surface area contributed by atoms with E-state index in [2.05, 4.69) is 46.2 Å². The molecule has 2 aliphatic rings. The number of nitrogens with one attached hydrogen (secondary N) is 1. The predicted octanol–water partition coefficient (Wildman–Crippen LogP) is 4.60. The molecule has 2 aromatic carbocycles. The third-order valence-electron chi connectivity index (χ3n) is 4.76. The summed E-state index contributed by atoms with van der Waals surface area (Å²) in [5.41, 5.74) is 5.20. The highest BCUT2D eigenvalue weighted by molar-refractivity contribution is 6.36. The first kappa shape index (κ1) is 15.9. The fraction of sp³-hybridized carbons (Fsp3) is 0.200. The third-order valence-corrected chi connectivity index (χ3v) is 5.07. The highest BCUT2D eigenvalue weighted by atomic mass is 35.5. The Labute approximate surface area is 151 Å². The van der Waals surface area contributed by atoms with Crippen molar-refractivity contribution in [2.75, 3.05) is 23.3 Å². The van der Waals surface area contributed by atoms with Crippen molar-refractivity contribution in [3.8, 4) is 11.1 Å². The Morgan fingerprint density at radius 2 is 1.84 bits per heavy atom. The van der Waals surface area contributed by atoms with Gasteiger partial charge in [0.1, 0.15) is 0 Å². The lowest BCUT2D eigenvalue weighted by atomic mass is 9.99. The second-order valence-corrected chi connectivity index (χ2v) is 6.71. The van der Waals surface area contributed by atoms with Gasteiger partial charge in [0.15, 0.2) is 0 Å². The summed E-state index contributed by atoms with van der Waals surface area (Å²) < 4.78 is 0. The van der Waals surface area contributed by atoms with Crippen LogP contribution in [0.15, 0.2) is 47.6 Å². The Bertz CT molecular complexity index is 881. The second kappa shape index (κ2) is 6.37. The summed E-state index contributed by atoms with van der Waals surface area (Å²) in [7, 11) is 0. The van der Waals surface area contributed by atoms with Gasteiger partial charge in [0, 0.05) is 36.1 Å². The molecule has 25 heavy (non-hydrogen) atoms. The van der Waals surface area contributed by atoms with Gasteiger partial charge in [-0.1, -0.05) is 23.7 Å². The molecule has 4 nitrogen and oxygen atoms in total. The van der Waals surface area contributed by atoms with Crippen molar-refractivity contribution >= 4 is 41.2 Å². The summed E-state index contributed by atoms with van der Waals surface area (Å²) in [4.78, 5) is 18.2. The molecule has 0 unspecified atom stereocenters. The Hall–Kier alpha value is -2.59. The van der Waals surface area contributed by atoms with Gasteiger partial charge in [-0.05, 0) is 49.4 Å². The van der Waals surface area contributed by atoms with Gasteiger partial charge >= 0.3 is 0 Å². The molecule has 2 aliphatic heterocycles. The van der Waals surface area contributed by atoms with Crippen molar-refractivity contribution < 1.29 is 4.79 Å². The lowest BCUT2D eigenvalue weighted by Crippen LogP contribution is -2.17. The molecule has 2 heterocycles. The Morgan fingerprint density at radius 1 is 1.12 bits per heavy atom. The Morgan fingerprint density at radius 3 is 2.52 bits per heavy atom. The lowest BCUT2D eigenvalue weighted by Gasteiger charge is -2.18. The smallest absolute Gasteiger partial charge is 0.257 e. The molecule has 1 saturated heterocycles. The van der Waals surface area contributed by atoms with Crippen LogP contribution in [0, 0.1) is 0 Å². The van der Waals surface area contributed by atoms with Crippen LogP contribution in [-0.2, 0) is 4.79 Å². The van der Waals surface area contributed by atoms with Gasteiger partial charge in [0.2, 0.25) is 0 Å². The fourth-order valence-electron chi connectivity index (χ4n) is 3.48. The number of aliphatic imine (C=N–C) groups is 1. The molecule has 0 aliphatic carbocycles. The maximum absolute atomic E-state index is 12.1. The maximum atomic E-state index is 12.1. The topological polar surface area (TPSA) is 44.7 Å². The molecular formula is C20H18ClN3O. The normalized spacial score (nSPS) is 17.7. The van der Waals surface area contributed by atoms with Gasteiger partial charge in [-0.3, -0.25) is 9.79 Å². The van der Waals surface area contributed by atoms with Gasteiger partial charge in [-0.2, -0.15) is 0 Å². The molecule has 5 heteroatoms. The van der Waals surface area contributed by atoms with Gasteiger partial charge in [-0.25, -0.2) is 0 Å². The van der Waals surface area contributed by atoms with E-state index in [1.807, 2.05) is 6.07 Å². The number of carbonyl (C=O) groups is 1. The SMILES string of the molecule is C=N/C=C1\C(=O)Nc2cc(Cl)c(-c3ccc(N4CCCC4)cc3)cc21. The molecule has 4 rings (SSSR count). The van der Waals surface area contributed by atoms with Crippen LogP contribution in [0.1, 0.15) is 18.4 Å². The van der Waals surface area contributed by atoms with E-state index in [-0.39, 0.29) is 5.91 Å².